The minimum absolute atomic E-state index is 0.112. The minimum atomic E-state index is -0.112. The third-order valence-electron chi connectivity index (χ3n) is 3.85. The minimum Gasteiger partial charge on any atom is -0.494 e. The molecule has 0 aliphatic carbocycles. The number of hydrogen-bond donors (Lipinski definition) is 1. The topological polar surface area (TPSA) is 60.5 Å². The van der Waals surface area contributed by atoms with Crippen LogP contribution < -0.4 is 14.8 Å². The molecule has 5 nitrogen and oxygen atoms in total. The Hall–Kier alpha value is -2.60. The van der Waals surface area contributed by atoms with Gasteiger partial charge < -0.3 is 14.8 Å². The molecule has 0 unspecified atom stereocenters. The Balaban J connectivity index is 1.51. The van der Waals surface area contributed by atoms with Crippen LogP contribution in [0.1, 0.15) is 25.8 Å². The Morgan fingerprint density at radius 1 is 1.08 bits per heavy atom. The monoisotopic (exact) mass is 370 g/mol. The smallest absolute Gasteiger partial charge is 0.229 e. The average Bonchev–Trinajstić information content (AvgIpc) is 3.04. The van der Waals surface area contributed by atoms with Crippen LogP contribution in [0.25, 0.3) is 10.2 Å². The highest BCUT2D eigenvalue weighted by Gasteiger charge is 2.09. The van der Waals surface area contributed by atoms with Gasteiger partial charge in [0, 0.05) is 0 Å². The SMILES string of the molecule is CCOc1ccc2nc(NC(=O)CCOc3ccc(CC)cc3)sc2c1. The number of carbonyl (C=O) groups excluding carboxylic acids is 1. The fourth-order valence-electron chi connectivity index (χ4n) is 2.48. The summed E-state index contributed by atoms with van der Waals surface area (Å²) < 4.78 is 12.1. The van der Waals surface area contributed by atoms with Gasteiger partial charge in [0.15, 0.2) is 5.13 Å². The Morgan fingerprint density at radius 3 is 2.58 bits per heavy atom. The molecule has 0 aliphatic rings. The van der Waals surface area contributed by atoms with Crippen molar-refractivity contribution in [2.75, 3.05) is 18.5 Å². The number of carbonyl (C=O) groups is 1. The molecule has 0 saturated heterocycles. The first-order valence-corrected chi connectivity index (χ1v) is 9.54. The predicted molar refractivity (Wildman–Crippen MR) is 105 cm³/mol. The van der Waals surface area contributed by atoms with E-state index in [9.17, 15) is 4.79 Å². The van der Waals surface area contributed by atoms with Gasteiger partial charge >= 0.3 is 0 Å². The van der Waals surface area contributed by atoms with Gasteiger partial charge in [-0.3, -0.25) is 4.79 Å². The molecule has 1 heterocycles. The molecule has 136 valence electrons. The molecule has 26 heavy (non-hydrogen) atoms. The molecule has 6 heteroatoms. The second-order valence-electron chi connectivity index (χ2n) is 5.73. The van der Waals surface area contributed by atoms with Crippen molar-refractivity contribution in [1.82, 2.24) is 4.98 Å². The first-order chi connectivity index (χ1) is 12.7. The van der Waals surface area contributed by atoms with Crippen LogP contribution in [0.5, 0.6) is 11.5 Å². The summed E-state index contributed by atoms with van der Waals surface area (Å²) in [7, 11) is 0. The van der Waals surface area contributed by atoms with E-state index in [1.807, 2.05) is 49.4 Å². The summed E-state index contributed by atoms with van der Waals surface area (Å²) in [6.07, 6.45) is 1.27. The molecule has 1 amide bonds. The van der Waals surface area contributed by atoms with Crippen molar-refractivity contribution in [2.24, 2.45) is 0 Å². The number of aromatic nitrogens is 1. The lowest BCUT2D eigenvalue weighted by Crippen LogP contribution is -2.15. The van der Waals surface area contributed by atoms with E-state index in [0.717, 1.165) is 28.1 Å². The molecule has 2 aromatic carbocycles. The molecule has 0 radical (unpaired) electrons. The third-order valence-corrected chi connectivity index (χ3v) is 4.78. The summed E-state index contributed by atoms with van der Waals surface area (Å²) in [4.78, 5) is 16.5. The Labute approximate surface area is 157 Å². The van der Waals surface area contributed by atoms with Crippen molar-refractivity contribution >= 4 is 32.6 Å². The fourth-order valence-corrected chi connectivity index (χ4v) is 3.39. The summed E-state index contributed by atoms with van der Waals surface area (Å²) in [5.74, 6) is 1.47. The van der Waals surface area contributed by atoms with Gasteiger partial charge in [0.1, 0.15) is 11.5 Å². The second-order valence-corrected chi connectivity index (χ2v) is 6.76. The van der Waals surface area contributed by atoms with Crippen LogP contribution in [-0.4, -0.2) is 24.1 Å². The number of rotatable bonds is 8. The molecular formula is C20H22N2O3S. The molecule has 0 fully saturated rings. The van der Waals surface area contributed by atoms with Gasteiger partial charge in [0.2, 0.25) is 5.91 Å². The summed E-state index contributed by atoms with van der Waals surface area (Å²) in [6, 6.07) is 13.7. The maximum atomic E-state index is 12.1. The number of amides is 1. The summed E-state index contributed by atoms with van der Waals surface area (Å²) >= 11 is 1.44. The average molecular weight is 370 g/mol. The highest BCUT2D eigenvalue weighted by Crippen LogP contribution is 2.29. The van der Waals surface area contributed by atoms with E-state index in [0.29, 0.717) is 18.3 Å². The van der Waals surface area contributed by atoms with Crippen LogP contribution in [0.4, 0.5) is 5.13 Å². The van der Waals surface area contributed by atoms with E-state index in [1.165, 1.54) is 16.9 Å². The number of ether oxygens (including phenoxy) is 2. The molecule has 3 rings (SSSR count). The zero-order valence-electron chi connectivity index (χ0n) is 15.0. The zero-order valence-corrected chi connectivity index (χ0v) is 15.8. The van der Waals surface area contributed by atoms with Gasteiger partial charge in [-0.1, -0.05) is 30.4 Å². The lowest BCUT2D eigenvalue weighted by Gasteiger charge is -2.06. The highest BCUT2D eigenvalue weighted by molar-refractivity contribution is 7.22. The molecule has 0 atom stereocenters. The highest BCUT2D eigenvalue weighted by atomic mass is 32.1. The molecule has 3 aromatic rings. The van der Waals surface area contributed by atoms with Crippen LogP contribution in [0.3, 0.4) is 0 Å². The summed E-state index contributed by atoms with van der Waals surface area (Å²) in [5, 5.41) is 3.42. The first kappa shape index (κ1) is 18.2. The number of nitrogens with one attached hydrogen (secondary N) is 1. The molecule has 0 spiro atoms. The Morgan fingerprint density at radius 2 is 1.85 bits per heavy atom. The number of benzene rings is 2. The van der Waals surface area contributed by atoms with E-state index in [-0.39, 0.29) is 12.3 Å². The van der Waals surface area contributed by atoms with E-state index >= 15 is 0 Å². The van der Waals surface area contributed by atoms with Crippen molar-refractivity contribution in [3.8, 4) is 11.5 Å². The molecule has 0 saturated carbocycles. The summed E-state index contributed by atoms with van der Waals surface area (Å²) in [6.45, 7) is 5.01. The van der Waals surface area contributed by atoms with Crippen LogP contribution >= 0.6 is 11.3 Å². The van der Waals surface area contributed by atoms with Crippen molar-refractivity contribution in [2.45, 2.75) is 26.7 Å². The molecule has 1 N–H and O–H groups in total. The van der Waals surface area contributed by atoms with Gasteiger partial charge in [-0.15, -0.1) is 0 Å². The Kier molecular flexibility index (Phi) is 6.07. The standard InChI is InChI=1S/C20H22N2O3S/c1-3-14-5-7-15(8-6-14)25-12-11-19(23)22-20-21-17-10-9-16(24-4-2)13-18(17)26-20/h5-10,13H,3-4,11-12H2,1-2H3,(H,21,22,23). The number of aryl methyl sites for hydroxylation is 1. The first-order valence-electron chi connectivity index (χ1n) is 8.73. The molecule has 1 aromatic heterocycles. The van der Waals surface area contributed by atoms with Crippen molar-refractivity contribution in [1.29, 1.82) is 0 Å². The number of thiazole rings is 1. The van der Waals surface area contributed by atoms with Gasteiger partial charge in [0.05, 0.1) is 29.9 Å². The number of nitrogens with zero attached hydrogens (tertiary/aromatic N) is 1. The van der Waals surface area contributed by atoms with Crippen molar-refractivity contribution in [3.05, 3.63) is 48.0 Å². The maximum Gasteiger partial charge on any atom is 0.229 e. The number of anilines is 1. The quantitative estimate of drug-likeness (QED) is 0.626. The zero-order chi connectivity index (χ0) is 18.4. The lowest BCUT2D eigenvalue weighted by atomic mass is 10.2. The number of hydrogen-bond acceptors (Lipinski definition) is 5. The van der Waals surface area contributed by atoms with E-state index in [1.54, 1.807) is 0 Å². The van der Waals surface area contributed by atoms with Crippen LogP contribution in [0, 0.1) is 0 Å². The third kappa shape index (κ3) is 4.73. The molecule has 0 aliphatic heterocycles. The van der Waals surface area contributed by atoms with Crippen LogP contribution in [-0.2, 0) is 11.2 Å². The van der Waals surface area contributed by atoms with Crippen molar-refractivity contribution in [3.63, 3.8) is 0 Å². The number of fused-ring (bicyclic) bond motifs is 1. The van der Waals surface area contributed by atoms with Crippen molar-refractivity contribution < 1.29 is 14.3 Å². The molecular weight excluding hydrogens is 348 g/mol. The summed E-state index contributed by atoms with van der Waals surface area (Å²) in [5.41, 5.74) is 2.11. The predicted octanol–water partition coefficient (Wildman–Crippen LogP) is 4.67. The van der Waals surface area contributed by atoms with E-state index < -0.39 is 0 Å². The lowest BCUT2D eigenvalue weighted by molar-refractivity contribution is -0.116. The Bertz CT molecular complexity index is 874. The van der Waals surface area contributed by atoms with Gasteiger partial charge in [-0.2, -0.15) is 0 Å². The van der Waals surface area contributed by atoms with Crippen LogP contribution in [0.2, 0.25) is 0 Å². The normalized spacial score (nSPS) is 10.7. The van der Waals surface area contributed by atoms with E-state index in [2.05, 4.69) is 17.2 Å². The maximum absolute atomic E-state index is 12.1. The van der Waals surface area contributed by atoms with Gasteiger partial charge in [-0.05, 0) is 49.2 Å². The fraction of sp³-hybridized carbons (Fsp3) is 0.300. The van der Waals surface area contributed by atoms with Gasteiger partial charge in [-0.25, -0.2) is 4.98 Å². The second kappa shape index (κ2) is 8.67. The molecule has 0 bridgehead atoms. The largest absolute Gasteiger partial charge is 0.494 e. The van der Waals surface area contributed by atoms with E-state index in [4.69, 9.17) is 9.47 Å². The van der Waals surface area contributed by atoms with Crippen LogP contribution in [0.15, 0.2) is 42.5 Å². The van der Waals surface area contributed by atoms with Gasteiger partial charge in [0.25, 0.3) is 0 Å².